The first-order chi connectivity index (χ1) is 10.5. The highest BCUT2D eigenvalue weighted by Crippen LogP contribution is 2.28. The van der Waals surface area contributed by atoms with Gasteiger partial charge in [-0.1, -0.05) is 31.6 Å². The summed E-state index contributed by atoms with van der Waals surface area (Å²) in [6.45, 7) is 11.5. The van der Waals surface area contributed by atoms with E-state index in [2.05, 4.69) is 36.4 Å². The maximum absolute atomic E-state index is 12.0. The molecule has 0 bridgehead atoms. The Morgan fingerprint density at radius 3 is 2.30 bits per heavy atom. The molecule has 23 heavy (non-hydrogen) atoms. The first-order valence-corrected chi connectivity index (χ1v) is 11.0. The van der Waals surface area contributed by atoms with E-state index in [0.29, 0.717) is 5.69 Å². The summed E-state index contributed by atoms with van der Waals surface area (Å²) in [6.07, 6.45) is 0. The summed E-state index contributed by atoms with van der Waals surface area (Å²) in [6, 6.07) is 5.47. The van der Waals surface area contributed by atoms with Gasteiger partial charge in [0.05, 0.1) is 18.2 Å². The van der Waals surface area contributed by atoms with Crippen LogP contribution in [0.2, 0.25) is 19.6 Å². The van der Waals surface area contributed by atoms with Crippen LogP contribution in [0, 0.1) is 11.5 Å². The number of ether oxygens (including phenoxy) is 1. The molecular formula is C18H25NO3Si. The van der Waals surface area contributed by atoms with Gasteiger partial charge in [-0.2, -0.15) is 0 Å². The lowest BCUT2D eigenvalue weighted by Crippen LogP contribution is -2.30. The van der Waals surface area contributed by atoms with E-state index in [1.165, 1.54) is 14.0 Å². The lowest BCUT2D eigenvalue weighted by Gasteiger charge is -2.23. The Kier molecular flexibility index (Phi) is 5.79. The molecule has 0 atom stereocenters. The van der Waals surface area contributed by atoms with Gasteiger partial charge < -0.3 is 10.1 Å². The fourth-order valence-corrected chi connectivity index (χ4v) is 2.47. The van der Waals surface area contributed by atoms with Gasteiger partial charge in [0.15, 0.2) is 0 Å². The maximum Gasteiger partial charge on any atom is 0.315 e. The molecule has 1 amide bonds. The van der Waals surface area contributed by atoms with E-state index in [9.17, 15) is 9.59 Å². The summed E-state index contributed by atoms with van der Waals surface area (Å²) in [4.78, 5) is 23.4. The van der Waals surface area contributed by atoms with Gasteiger partial charge in [-0.3, -0.25) is 9.59 Å². The summed E-state index contributed by atoms with van der Waals surface area (Å²) in [5.41, 5.74) is 4.70. The summed E-state index contributed by atoms with van der Waals surface area (Å²) < 4.78 is 4.88. The second-order valence-corrected chi connectivity index (χ2v) is 11.8. The van der Waals surface area contributed by atoms with Gasteiger partial charge in [0, 0.05) is 12.5 Å². The zero-order chi connectivity index (χ0) is 17.8. The van der Waals surface area contributed by atoms with E-state index in [4.69, 9.17) is 4.74 Å². The van der Waals surface area contributed by atoms with Crippen LogP contribution >= 0.6 is 0 Å². The third-order valence-corrected chi connectivity index (χ3v) is 4.19. The lowest BCUT2D eigenvalue weighted by atomic mass is 9.83. The van der Waals surface area contributed by atoms with Crippen LogP contribution in [0.3, 0.4) is 0 Å². The standard InChI is InChI=1S/C18H25NO3Si/c1-13(20)19-16-9-8-15(18(2,3)17(21)22-4)12-14(16)10-11-23(5,6)7/h8-9,12H,1-7H3,(H,19,20). The number of esters is 1. The largest absolute Gasteiger partial charge is 0.468 e. The predicted octanol–water partition coefficient (Wildman–Crippen LogP) is 3.32. The molecule has 5 heteroatoms. The van der Waals surface area contributed by atoms with Crippen molar-refractivity contribution in [1.29, 1.82) is 0 Å². The summed E-state index contributed by atoms with van der Waals surface area (Å²) in [5, 5.41) is 2.79. The molecule has 1 aromatic carbocycles. The Labute approximate surface area is 139 Å². The van der Waals surface area contributed by atoms with Gasteiger partial charge in [-0.15, -0.1) is 5.54 Å². The van der Waals surface area contributed by atoms with Crippen molar-refractivity contribution in [3.63, 3.8) is 0 Å². The molecule has 0 spiro atoms. The predicted molar refractivity (Wildman–Crippen MR) is 96.0 cm³/mol. The van der Waals surface area contributed by atoms with Crippen molar-refractivity contribution in [2.45, 2.75) is 45.8 Å². The quantitative estimate of drug-likeness (QED) is 0.525. The normalized spacial score (nSPS) is 11.3. The Morgan fingerprint density at radius 2 is 1.83 bits per heavy atom. The SMILES string of the molecule is COC(=O)C(C)(C)c1ccc(NC(C)=O)c(C#C[Si](C)(C)C)c1. The van der Waals surface area contributed by atoms with Crippen LogP contribution in [-0.4, -0.2) is 27.1 Å². The molecule has 0 aliphatic carbocycles. The third kappa shape index (κ3) is 5.26. The Morgan fingerprint density at radius 1 is 1.22 bits per heavy atom. The average Bonchev–Trinajstić information content (AvgIpc) is 2.43. The molecule has 0 fully saturated rings. The highest BCUT2D eigenvalue weighted by molar-refractivity contribution is 6.83. The second kappa shape index (κ2) is 7.01. The number of benzene rings is 1. The Balaban J connectivity index is 3.42. The number of methoxy groups -OCH3 is 1. The molecule has 0 saturated carbocycles. The van der Waals surface area contributed by atoms with Crippen molar-refractivity contribution in [3.05, 3.63) is 29.3 Å². The Hall–Kier alpha value is -2.06. The lowest BCUT2D eigenvalue weighted by molar-refractivity contribution is -0.146. The zero-order valence-corrected chi connectivity index (χ0v) is 16.0. The van der Waals surface area contributed by atoms with Gasteiger partial charge >= 0.3 is 5.97 Å². The minimum atomic E-state index is -1.56. The summed E-state index contributed by atoms with van der Waals surface area (Å²) >= 11 is 0. The van der Waals surface area contributed by atoms with Crippen molar-refractivity contribution < 1.29 is 14.3 Å². The maximum atomic E-state index is 12.0. The van der Waals surface area contributed by atoms with Crippen molar-refractivity contribution in [2.24, 2.45) is 0 Å². The van der Waals surface area contributed by atoms with Gasteiger partial charge in [-0.05, 0) is 31.5 Å². The summed E-state index contributed by atoms with van der Waals surface area (Å²) in [5.74, 6) is 2.71. The van der Waals surface area contributed by atoms with E-state index in [0.717, 1.165) is 11.1 Å². The fourth-order valence-electron chi connectivity index (χ4n) is 1.96. The van der Waals surface area contributed by atoms with E-state index in [1.54, 1.807) is 6.07 Å². The zero-order valence-electron chi connectivity index (χ0n) is 15.0. The number of nitrogens with one attached hydrogen (secondary N) is 1. The van der Waals surface area contributed by atoms with E-state index in [-0.39, 0.29) is 11.9 Å². The molecule has 0 aromatic heterocycles. The Bertz CT molecular complexity index is 676. The molecule has 1 rings (SSSR count). The van der Waals surface area contributed by atoms with E-state index in [1.807, 2.05) is 26.0 Å². The topological polar surface area (TPSA) is 55.4 Å². The van der Waals surface area contributed by atoms with Crippen LogP contribution in [0.15, 0.2) is 18.2 Å². The molecule has 1 aromatic rings. The van der Waals surface area contributed by atoms with Crippen LogP contribution < -0.4 is 5.32 Å². The molecule has 0 radical (unpaired) electrons. The minimum Gasteiger partial charge on any atom is -0.468 e. The number of amides is 1. The van der Waals surface area contributed by atoms with Gasteiger partial charge in [0.1, 0.15) is 8.07 Å². The molecule has 124 valence electrons. The molecule has 0 aliphatic rings. The molecule has 0 aliphatic heterocycles. The van der Waals surface area contributed by atoms with Gasteiger partial charge in [0.25, 0.3) is 0 Å². The van der Waals surface area contributed by atoms with Crippen LogP contribution in [0.1, 0.15) is 31.9 Å². The smallest absolute Gasteiger partial charge is 0.315 e. The highest BCUT2D eigenvalue weighted by atomic mass is 28.3. The average molecular weight is 331 g/mol. The third-order valence-electron chi connectivity index (χ3n) is 3.32. The number of hydrogen-bond acceptors (Lipinski definition) is 3. The van der Waals surface area contributed by atoms with Crippen LogP contribution in [-0.2, 0) is 19.7 Å². The fraction of sp³-hybridized carbons (Fsp3) is 0.444. The molecule has 4 nitrogen and oxygen atoms in total. The molecular weight excluding hydrogens is 306 g/mol. The number of carbonyl (C=O) groups is 2. The first kappa shape index (κ1) is 19.0. The molecule has 1 N–H and O–H groups in total. The van der Waals surface area contributed by atoms with Gasteiger partial charge in [0.2, 0.25) is 5.91 Å². The number of hydrogen-bond donors (Lipinski definition) is 1. The van der Waals surface area contributed by atoms with Crippen molar-refractivity contribution in [2.75, 3.05) is 12.4 Å². The monoisotopic (exact) mass is 331 g/mol. The van der Waals surface area contributed by atoms with Crippen molar-refractivity contribution in [1.82, 2.24) is 0 Å². The van der Waals surface area contributed by atoms with E-state index < -0.39 is 13.5 Å². The number of carbonyl (C=O) groups excluding carboxylic acids is 2. The second-order valence-electron chi connectivity index (χ2n) is 7.06. The van der Waals surface area contributed by atoms with Crippen molar-refractivity contribution >= 4 is 25.6 Å². The first-order valence-electron chi connectivity index (χ1n) is 7.51. The minimum absolute atomic E-state index is 0.152. The van der Waals surface area contributed by atoms with Gasteiger partial charge in [-0.25, -0.2) is 0 Å². The molecule has 0 unspecified atom stereocenters. The van der Waals surface area contributed by atoms with E-state index >= 15 is 0 Å². The van der Waals surface area contributed by atoms with Crippen molar-refractivity contribution in [3.8, 4) is 11.5 Å². The highest BCUT2D eigenvalue weighted by Gasteiger charge is 2.31. The number of rotatable bonds is 3. The van der Waals surface area contributed by atoms with Crippen LogP contribution in [0.4, 0.5) is 5.69 Å². The van der Waals surface area contributed by atoms with Crippen LogP contribution in [0.25, 0.3) is 0 Å². The number of anilines is 1. The molecule has 0 saturated heterocycles. The molecule has 0 heterocycles. The van der Waals surface area contributed by atoms with Crippen LogP contribution in [0.5, 0.6) is 0 Å². The summed E-state index contributed by atoms with van der Waals surface area (Å²) in [7, 11) is -0.184.